The highest BCUT2D eigenvalue weighted by Crippen LogP contribution is 2.19. The number of esters is 1. The molecule has 1 heterocycles. The van der Waals surface area contributed by atoms with Crippen molar-refractivity contribution >= 4 is 12.0 Å². The Hall–Kier alpha value is -3.01. The van der Waals surface area contributed by atoms with Gasteiger partial charge in [-0.3, -0.25) is 0 Å². The second-order valence-corrected chi connectivity index (χ2v) is 4.83. The van der Waals surface area contributed by atoms with Crippen LogP contribution in [-0.2, 0) is 9.53 Å². The van der Waals surface area contributed by atoms with Crippen molar-refractivity contribution in [3.63, 3.8) is 0 Å². The van der Waals surface area contributed by atoms with E-state index in [4.69, 9.17) is 14.7 Å². The predicted molar refractivity (Wildman–Crippen MR) is 81.4 cm³/mol. The van der Waals surface area contributed by atoms with Crippen molar-refractivity contribution in [3.05, 3.63) is 41.1 Å². The number of nitriles is 1. The third-order valence-electron chi connectivity index (χ3n) is 3.25. The molecular weight excluding hydrogens is 298 g/mol. The largest absolute Gasteiger partial charge is 0.486 e. The van der Waals surface area contributed by atoms with E-state index >= 15 is 0 Å². The van der Waals surface area contributed by atoms with Crippen molar-refractivity contribution in [1.82, 2.24) is 10.6 Å². The maximum absolute atomic E-state index is 12.1. The quantitative estimate of drug-likeness (QED) is 0.801. The molecule has 7 nitrogen and oxygen atoms in total. The Morgan fingerprint density at radius 2 is 2.13 bits per heavy atom. The van der Waals surface area contributed by atoms with Crippen molar-refractivity contribution in [2.24, 2.45) is 0 Å². The van der Waals surface area contributed by atoms with Crippen molar-refractivity contribution in [3.8, 4) is 11.8 Å². The molecule has 1 aromatic carbocycles. The van der Waals surface area contributed by atoms with Gasteiger partial charge in [0.2, 0.25) is 0 Å². The summed E-state index contributed by atoms with van der Waals surface area (Å²) in [7, 11) is 0. The second kappa shape index (κ2) is 7.31. The van der Waals surface area contributed by atoms with E-state index in [1.54, 1.807) is 38.1 Å². The molecule has 0 radical (unpaired) electrons. The molecule has 0 unspecified atom stereocenters. The van der Waals surface area contributed by atoms with Gasteiger partial charge in [0.15, 0.2) is 0 Å². The fourth-order valence-corrected chi connectivity index (χ4v) is 2.23. The van der Waals surface area contributed by atoms with Crippen LogP contribution in [0.5, 0.6) is 5.75 Å². The minimum Gasteiger partial charge on any atom is -0.486 e. The zero-order valence-electron chi connectivity index (χ0n) is 12.9. The molecule has 0 spiro atoms. The molecule has 0 fully saturated rings. The van der Waals surface area contributed by atoms with Gasteiger partial charge in [-0.25, -0.2) is 9.59 Å². The van der Waals surface area contributed by atoms with Crippen molar-refractivity contribution in [2.75, 3.05) is 13.2 Å². The van der Waals surface area contributed by atoms with Gasteiger partial charge in [-0.1, -0.05) is 12.1 Å². The van der Waals surface area contributed by atoms with Crippen LogP contribution in [0.4, 0.5) is 4.79 Å². The summed E-state index contributed by atoms with van der Waals surface area (Å²) in [5.74, 6) is -0.134. The van der Waals surface area contributed by atoms with E-state index in [0.717, 1.165) is 0 Å². The molecule has 2 rings (SSSR count). The zero-order chi connectivity index (χ0) is 16.8. The summed E-state index contributed by atoms with van der Waals surface area (Å²) in [6, 6.07) is 7.85. The minimum atomic E-state index is -0.514. The Morgan fingerprint density at radius 1 is 1.39 bits per heavy atom. The monoisotopic (exact) mass is 315 g/mol. The molecule has 7 heteroatoms. The molecule has 0 aliphatic carbocycles. The van der Waals surface area contributed by atoms with Crippen LogP contribution in [0.1, 0.15) is 19.4 Å². The maximum Gasteiger partial charge on any atom is 0.338 e. The predicted octanol–water partition coefficient (Wildman–Crippen LogP) is 1.46. The van der Waals surface area contributed by atoms with Gasteiger partial charge in [0, 0.05) is 0 Å². The van der Waals surface area contributed by atoms with Crippen molar-refractivity contribution < 1.29 is 19.1 Å². The Morgan fingerprint density at radius 3 is 2.83 bits per heavy atom. The molecule has 120 valence electrons. The van der Waals surface area contributed by atoms with E-state index in [-0.39, 0.29) is 13.2 Å². The highest BCUT2D eigenvalue weighted by Gasteiger charge is 2.30. The summed E-state index contributed by atoms with van der Waals surface area (Å²) in [6.07, 6.45) is 0. The number of carbonyl (C=O) groups is 2. The van der Waals surface area contributed by atoms with Gasteiger partial charge in [-0.15, -0.1) is 0 Å². The lowest BCUT2D eigenvalue weighted by molar-refractivity contribution is -0.139. The number of para-hydroxylation sites is 1. The fraction of sp³-hybridized carbons (Fsp3) is 0.312. The smallest absolute Gasteiger partial charge is 0.338 e. The first-order chi connectivity index (χ1) is 11.1. The number of rotatable bonds is 5. The van der Waals surface area contributed by atoms with E-state index in [1.165, 1.54) is 0 Å². The molecule has 2 amide bonds. The molecule has 0 bridgehead atoms. The zero-order valence-corrected chi connectivity index (χ0v) is 12.9. The normalized spacial score (nSPS) is 16.9. The van der Waals surface area contributed by atoms with E-state index in [9.17, 15) is 9.59 Å². The average molecular weight is 315 g/mol. The molecule has 0 saturated heterocycles. The third kappa shape index (κ3) is 3.80. The summed E-state index contributed by atoms with van der Waals surface area (Å²) in [5, 5.41) is 14.2. The number of nitrogens with zero attached hydrogens (tertiary/aromatic N) is 1. The Labute approximate surface area is 133 Å². The second-order valence-electron chi connectivity index (χ2n) is 4.83. The van der Waals surface area contributed by atoms with Crippen LogP contribution in [0.15, 0.2) is 35.5 Å². The lowest BCUT2D eigenvalue weighted by Gasteiger charge is -2.26. The van der Waals surface area contributed by atoms with E-state index in [1.807, 2.05) is 6.07 Å². The molecule has 1 atom stereocenters. The average Bonchev–Trinajstić information content (AvgIpc) is 2.52. The van der Waals surface area contributed by atoms with E-state index in [2.05, 4.69) is 10.6 Å². The Bertz CT molecular complexity index is 691. The van der Waals surface area contributed by atoms with Crippen molar-refractivity contribution in [1.29, 1.82) is 5.26 Å². The molecular formula is C16H17N3O4. The highest BCUT2D eigenvalue weighted by molar-refractivity contribution is 5.94. The van der Waals surface area contributed by atoms with Crippen molar-refractivity contribution in [2.45, 2.75) is 19.9 Å². The summed E-state index contributed by atoms with van der Waals surface area (Å²) >= 11 is 0. The molecule has 23 heavy (non-hydrogen) atoms. The lowest BCUT2D eigenvalue weighted by atomic mass is 10.0. The number of carbonyl (C=O) groups excluding carboxylic acids is 2. The number of amides is 2. The number of urea groups is 1. The summed E-state index contributed by atoms with van der Waals surface area (Å²) in [4.78, 5) is 23.7. The summed E-state index contributed by atoms with van der Waals surface area (Å²) in [5.41, 5.74) is 1.01. The van der Waals surface area contributed by atoms with E-state index < -0.39 is 18.0 Å². The van der Waals surface area contributed by atoms with Gasteiger partial charge < -0.3 is 20.1 Å². The summed E-state index contributed by atoms with van der Waals surface area (Å²) in [6.45, 7) is 3.57. The first-order valence-corrected chi connectivity index (χ1v) is 7.16. The highest BCUT2D eigenvalue weighted by atomic mass is 16.5. The van der Waals surface area contributed by atoms with Crippen LogP contribution in [0.2, 0.25) is 0 Å². The van der Waals surface area contributed by atoms with Crippen LogP contribution in [0.25, 0.3) is 0 Å². The number of ether oxygens (including phenoxy) is 2. The lowest BCUT2D eigenvalue weighted by Crippen LogP contribution is -2.50. The molecule has 1 aromatic rings. The first kappa shape index (κ1) is 16.4. The van der Waals surface area contributed by atoms with Crippen LogP contribution < -0.4 is 15.4 Å². The standard InChI is InChI=1S/C16H17N3O4/c1-3-22-15(20)14-10(2)18-16(21)19-12(14)9-23-13-7-5-4-6-11(13)8-17/h4-7,10H,3,9H2,1-2H3,(H2,18,19,21)/t10-/m1/s1. The third-order valence-corrected chi connectivity index (χ3v) is 3.25. The van der Waals surface area contributed by atoms with Crippen LogP contribution >= 0.6 is 0 Å². The Kier molecular flexibility index (Phi) is 5.20. The molecule has 2 N–H and O–H groups in total. The fourth-order valence-electron chi connectivity index (χ4n) is 2.23. The summed E-state index contributed by atoms with van der Waals surface area (Å²) < 4.78 is 10.6. The van der Waals surface area contributed by atoms with Crippen LogP contribution in [-0.4, -0.2) is 31.3 Å². The minimum absolute atomic E-state index is 0.0510. The molecule has 0 aromatic heterocycles. The molecule has 1 aliphatic heterocycles. The maximum atomic E-state index is 12.1. The Balaban J connectivity index is 2.25. The molecule has 0 saturated carbocycles. The number of hydrogen-bond donors (Lipinski definition) is 2. The van der Waals surface area contributed by atoms with Gasteiger partial charge in [0.1, 0.15) is 18.4 Å². The molecule has 1 aliphatic rings. The van der Waals surface area contributed by atoms with E-state index in [0.29, 0.717) is 22.6 Å². The van der Waals surface area contributed by atoms with Crippen LogP contribution in [0.3, 0.4) is 0 Å². The SMILES string of the molecule is CCOC(=O)C1=C(COc2ccccc2C#N)NC(=O)N[C@@H]1C. The first-order valence-electron chi connectivity index (χ1n) is 7.16. The van der Waals surface area contributed by atoms with Gasteiger partial charge in [0.25, 0.3) is 0 Å². The number of benzene rings is 1. The van der Waals surface area contributed by atoms with Crippen LogP contribution in [0, 0.1) is 11.3 Å². The number of hydrogen-bond acceptors (Lipinski definition) is 5. The van der Waals surface area contributed by atoms with Gasteiger partial charge in [0.05, 0.1) is 29.5 Å². The van der Waals surface area contributed by atoms with Gasteiger partial charge in [-0.05, 0) is 26.0 Å². The van der Waals surface area contributed by atoms with Gasteiger partial charge >= 0.3 is 12.0 Å². The number of nitrogens with one attached hydrogen (secondary N) is 2. The van der Waals surface area contributed by atoms with Gasteiger partial charge in [-0.2, -0.15) is 5.26 Å². The topological polar surface area (TPSA) is 100 Å².